The molecule has 1 aromatic heterocycles. The van der Waals surface area contributed by atoms with Crippen LogP contribution in [0.5, 0.6) is 0 Å². The maximum absolute atomic E-state index is 10.0. The average molecular weight is 142 g/mol. The molecular weight excluding hydrogens is 136 g/mol. The van der Waals surface area contributed by atoms with E-state index in [4.69, 9.17) is 10.8 Å². The summed E-state index contributed by atoms with van der Waals surface area (Å²) in [7, 11) is 0. The van der Waals surface area contributed by atoms with E-state index in [1.54, 1.807) is 0 Å². The number of aromatic nitrogens is 3. The van der Waals surface area contributed by atoms with Gasteiger partial charge in [0.25, 0.3) is 0 Å². The number of carboxylic acid groups (broad SMARTS) is 1. The monoisotopic (exact) mass is 142 g/mol. The fraction of sp³-hybridized carbons (Fsp3) is 0.250. The Labute approximate surface area is 56.3 Å². The highest BCUT2D eigenvalue weighted by Crippen LogP contribution is 1.89. The van der Waals surface area contributed by atoms with E-state index in [9.17, 15) is 4.79 Å². The highest BCUT2D eigenvalue weighted by atomic mass is 16.4. The van der Waals surface area contributed by atoms with Crippen molar-refractivity contribution in [2.75, 3.05) is 5.73 Å². The number of nitrogen functional groups attached to an aromatic ring is 1. The van der Waals surface area contributed by atoms with Gasteiger partial charge in [0.2, 0.25) is 0 Å². The maximum atomic E-state index is 10.0. The number of rotatable bonds is 2. The van der Waals surface area contributed by atoms with E-state index in [2.05, 4.69) is 10.2 Å². The van der Waals surface area contributed by atoms with Gasteiger partial charge in [0.15, 0.2) is 12.4 Å². The topological polar surface area (TPSA) is 94.0 Å². The van der Waals surface area contributed by atoms with Crippen LogP contribution in [0.2, 0.25) is 0 Å². The molecule has 6 heteroatoms. The highest BCUT2D eigenvalue weighted by molar-refractivity contribution is 5.66. The van der Waals surface area contributed by atoms with Crippen LogP contribution in [0.15, 0.2) is 6.20 Å². The van der Waals surface area contributed by atoms with Crippen molar-refractivity contribution in [2.24, 2.45) is 0 Å². The van der Waals surface area contributed by atoms with E-state index in [1.165, 1.54) is 6.20 Å². The Morgan fingerprint density at radius 2 is 2.60 bits per heavy atom. The number of hydrogen-bond acceptors (Lipinski definition) is 4. The van der Waals surface area contributed by atoms with Crippen LogP contribution in [0.1, 0.15) is 0 Å². The number of aliphatic carboxylic acids is 1. The van der Waals surface area contributed by atoms with Gasteiger partial charge >= 0.3 is 5.97 Å². The molecule has 1 aromatic rings. The van der Waals surface area contributed by atoms with Crippen LogP contribution in [0, 0.1) is 0 Å². The van der Waals surface area contributed by atoms with Crippen molar-refractivity contribution in [1.82, 2.24) is 15.0 Å². The SMILES string of the molecule is Nc1cnn(CC(=O)O)n1. The van der Waals surface area contributed by atoms with Gasteiger partial charge in [0.1, 0.15) is 0 Å². The van der Waals surface area contributed by atoms with Crippen molar-refractivity contribution in [1.29, 1.82) is 0 Å². The van der Waals surface area contributed by atoms with Crippen molar-refractivity contribution < 1.29 is 9.90 Å². The number of nitrogens with two attached hydrogens (primary N) is 1. The van der Waals surface area contributed by atoms with Crippen molar-refractivity contribution in [3.8, 4) is 0 Å². The van der Waals surface area contributed by atoms with Crippen LogP contribution >= 0.6 is 0 Å². The van der Waals surface area contributed by atoms with Crippen LogP contribution in [0.25, 0.3) is 0 Å². The first-order valence-corrected chi connectivity index (χ1v) is 2.56. The molecule has 0 atom stereocenters. The van der Waals surface area contributed by atoms with E-state index in [-0.39, 0.29) is 12.4 Å². The first-order chi connectivity index (χ1) is 4.68. The van der Waals surface area contributed by atoms with Gasteiger partial charge in [-0.3, -0.25) is 4.79 Å². The molecule has 0 saturated heterocycles. The zero-order valence-electron chi connectivity index (χ0n) is 5.06. The molecule has 0 aliphatic rings. The summed E-state index contributed by atoms with van der Waals surface area (Å²) in [5, 5.41) is 15.3. The average Bonchev–Trinajstić information content (AvgIpc) is 2.13. The molecule has 54 valence electrons. The van der Waals surface area contributed by atoms with E-state index < -0.39 is 5.97 Å². The Morgan fingerprint density at radius 3 is 3.00 bits per heavy atom. The molecule has 1 rings (SSSR count). The summed E-state index contributed by atoms with van der Waals surface area (Å²) < 4.78 is 0. The molecule has 0 spiro atoms. The summed E-state index contributed by atoms with van der Waals surface area (Å²) in [5.74, 6) is -0.767. The molecule has 0 radical (unpaired) electrons. The van der Waals surface area contributed by atoms with Gasteiger partial charge in [0, 0.05) is 0 Å². The molecule has 0 aromatic carbocycles. The second-order valence-electron chi connectivity index (χ2n) is 1.69. The van der Waals surface area contributed by atoms with E-state index in [0.29, 0.717) is 0 Å². The predicted molar refractivity (Wildman–Crippen MR) is 32.1 cm³/mol. The highest BCUT2D eigenvalue weighted by Gasteiger charge is 2.00. The lowest BCUT2D eigenvalue weighted by atomic mass is 10.7. The van der Waals surface area contributed by atoms with Crippen molar-refractivity contribution in [3.05, 3.63) is 6.20 Å². The third kappa shape index (κ3) is 1.44. The van der Waals surface area contributed by atoms with E-state index in [1.807, 2.05) is 0 Å². The molecular formula is C4H6N4O2. The van der Waals surface area contributed by atoms with Crippen molar-refractivity contribution >= 4 is 11.8 Å². The maximum Gasteiger partial charge on any atom is 0.327 e. The third-order valence-electron chi connectivity index (χ3n) is 0.831. The van der Waals surface area contributed by atoms with Gasteiger partial charge in [-0.1, -0.05) is 0 Å². The summed E-state index contributed by atoms with van der Waals surface area (Å²) in [4.78, 5) is 11.0. The summed E-state index contributed by atoms with van der Waals surface area (Å²) in [5.41, 5.74) is 5.17. The minimum atomic E-state index is -0.990. The van der Waals surface area contributed by atoms with E-state index in [0.717, 1.165) is 4.80 Å². The van der Waals surface area contributed by atoms with Crippen LogP contribution in [0.3, 0.4) is 0 Å². The number of anilines is 1. The minimum absolute atomic E-state index is 0.223. The lowest BCUT2D eigenvalue weighted by Gasteiger charge is -1.89. The molecule has 0 bridgehead atoms. The zero-order valence-corrected chi connectivity index (χ0v) is 5.06. The van der Waals surface area contributed by atoms with Crippen LogP contribution in [-0.4, -0.2) is 26.1 Å². The molecule has 10 heavy (non-hydrogen) atoms. The molecule has 0 aliphatic heterocycles. The smallest absolute Gasteiger partial charge is 0.327 e. The fourth-order valence-electron chi connectivity index (χ4n) is 0.508. The first-order valence-electron chi connectivity index (χ1n) is 2.56. The van der Waals surface area contributed by atoms with Crippen LogP contribution in [0.4, 0.5) is 5.82 Å². The standard InChI is InChI=1S/C4H6N4O2/c5-3-1-6-8(7-3)2-4(9)10/h1H,2H2,(H2,5,7)(H,9,10). The molecule has 0 aliphatic carbocycles. The first kappa shape index (κ1) is 6.53. The van der Waals surface area contributed by atoms with Gasteiger partial charge in [-0.25, -0.2) is 0 Å². The number of carboxylic acids is 1. The predicted octanol–water partition coefficient (Wildman–Crippen LogP) is -1.06. The molecule has 0 fully saturated rings. The van der Waals surface area contributed by atoms with Crippen LogP contribution in [-0.2, 0) is 11.3 Å². The number of carbonyl (C=O) groups is 1. The quantitative estimate of drug-likeness (QED) is 0.549. The Hall–Kier alpha value is -1.59. The molecule has 0 amide bonds. The lowest BCUT2D eigenvalue weighted by molar-refractivity contribution is -0.138. The van der Waals surface area contributed by atoms with Crippen molar-refractivity contribution in [2.45, 2.75) is 6.54 Å². The van der Waals surface area contributed by atoms with Gasteiger partial charge in [0.05, 0.1) is 6.20 Å². The zero-order chi connectivity index (χ0) is 7.56. The number of hydrogen-bond donors (Lipinski definition) is 2. The van der Waals surface area contributed by atoms with Gasteiger partial charge in [-0.2, -0.15) is 9.90 Å². The fourth-order valence-corrected chi connectivity index (χ4v) is 0.508. The van der Waals surface area contributed by atoms with Gasteiger partial charge < -0.3 is 10.8 Å². The minimum Gasteiger partial charge on any atom is -0.480 e. The Bertz CT molecular complexity index is 243. The second kappa shape index (κ2) is 2.34. The number of nitrogens with zero attached hydrogens (tertiary/aromatic N) is 3. The van der Waals surface area contributed by atoms with Crippen LogP contribution < -0.4 is 5.73 Å². The van der Waals surface area contributed by atoms with Crippen molar-refractivity contribution in [3.63, 3.8) is 0 Å². The van der Waals surface area contributed by atoms with Gasteiger partial charge in [-0.15, -0.1) is 5.10 Å². The van der Waals surface area contributed by atoms with Gasteiger partial charge in [-0.05, 0) is 0 Å². The summed E-state index contributed by atoms with van der Waals surface area (Å²) in [6.45, 7) is -0.253. The summed E-state index contributed by atoms with van der Waals surface area (Å²) in [6.07, 6.45) is 1.29. The largest absolute Gasteiger partial charge is 0.480 e. The molecule has 0 saturated carbocycles. The molecule has 3 N–H and O–H groups in total. The lowest BCUT2D eigenvalue weighted by Crippen LogP contribution is -2.11. The third-order valence-corrected chi connectivity index (χ3v) is 0.831. The molecule has 0 unspecified atom stereocenters. The Balaban J connectivity index is 2.67. The summed E-state index contributed by atoms with van der Waals surface area (Å²) in [6, 6.07) is 0. The summed E-state index contributed by atoms with van der Waals surface area (Å²) >= 11 is 0. The Morgan fingerprint density at radius 1 is 1.90 bits per heavy atom. The second-order valence-corrected chi connectivity index (χ2v) is 1.69. The Kier molecular flexibility index (Phi) is 1.53. The normalized spacial score (nSPS) is 9.60. The molecule has 6 nitrogen and oxygen atoms in total. The van der Waals surface area contributed by atoms with E-state index >= 15 is 0 Å². The molecule has 1 heterocycles.